The molecule has 19 heavy (non-hydrogen) atoms. The van der Waals surface area contributed by atoms with Gasteiger partial charge in [-0.15, -0.1) is 0 Å². The second-order valence-electron chi connectivity index (χ2n) is 4.12. The number of hydrogen-bond donors (Lipinski definition) is 1. The average Bonchev–Trinajstić information content (AvgIpc) is 2.37. The Bertz CT molecular complexity index is 604. The van der Waals surface area contributed by atoms with Gasteiger partial charge in [0.1, 0.15) is 5.82 Å². The molecule has 0 amide bonds. The molecule has 0 spiro atoms. The molecule has 3 nitrogen and oxygen atoms in total. The molecule has 0 saturated heterocycles. The van der Waals surface area contributed by atoms with Crippen molar-refractivity contribution < 1.29 is 14.3 Å². The zero-order chi connectivity index (χ0) is 13.8. The summed E-state index contributed by atoms with van der Waals surface area (Å²) in [5.41, 5.74) is 1.09. The van der Waals surface area contributed by atoms with E-state index in [1.807, 2.05) is 0 Å². The fraction of sp³-hybridized carbons (Fsp3) is 0.143. The first-order valence-electron chi connectivity index (χ1n) is 5.64. The Labute approximate surface area is 114 Å². The summed E-state index contributed by atoms with van der Waals surface area (Å²) in [5.74, 6) is -2.31. The van der Waals surface area contributed by atoms with E-state index in [2.05, 4.69) is 4.98 Å². The number of aliphatic carboxylic acids is 1. The SMILES string of the molecule is O=C(O)C(Cc1ccncc1Cl)c1cccc(F)c1. The Morgan fingerprint density at radius 3 is 2.84 bits per heavy atom. The van der Waals surface area contributed by atoms with Crippen molar-refractivity contribution in [2.24, 2.45) is 0 Å². The molecule has 1 heterocycles. The highest BCUT2D eigenvalue weighted by molar-refractivity contribution is 6.31. The third-order valence-corrected chi connectivity index (χ3v) is 3.17. The second kappa shape index (κ2) is 5.80. The normalized spacial score (nSPS) is 12.1. The summed E-state index contributed by atoms with van der Waals surface area (Å²) in [7, 11) is 0. The van der Waals surface area contributed by atoms with E-state index in [4.69, 9.17) is 11.6 Å². The summed E-state index contributed by atoms with van der Waals surface area (Å²) in [5, 5.41) is 9.70. The van der Waals surface area contributed by atoms with Crippen LogP contribution in [0.15, 0.2) is 42.7 Å². The van der Waals surface area contributed by atoms with Gasteiger partial charge in [0.05, 0.1) is 10.9 Å². The van der Waals surface area contributed by atoms with Crippen LogP contribution >= 0.6 is 11.6 Å². The lowest BCUT2D eigenvalue weighted by molar-refractivity contribution is -0.138. The van der Waals surface area contributed by atoms with Crippen LogP contribution in [-0.2, 0) is 11.2 Å². The van der Waals surface area contributed by atoms with Gasteiger partial charge in [-0.1, -0.05) is 23.7 Å². The molecule has 0 radical (unpaired) electrons. The number of halogens is 2. The molecule has 1 N–H and O–H groups in total. The smallest absolute Gasteiger partial charge is 0.311 e. The Balaban J connectivity index is 2.32. The maximum Gasteiger partial charge on any atom is 0.311 e. The number of pyridine rings is 1. The van der Waals surface area contributed by atoms with Crippen LogP contribution in [0.2, 0.25) is 5.02 Å². The van der Waals surface area contributed by atoms with E-state index in [0.29, 0.717) is 16.1 Å². The van der Waals surface area contributed by atoms with Gasteiger partial charge in [-0.3, -0.25) is 9.78 Å². The van der Waals surface area contributed by atoms with Crippen LogP contribution in [0.5, 0.6) is 0 Å². The van der Waals surface area contributed by atoms with Crippen molar-refractivity contribution in [1.29, 1.82) is 0 Å². The molecule has 2 rings (SSSR count). The summed E-state index contributed by atoms with van der Waals surface area (Å²) in [4.78, 5) is 15.2. The molecule has 5 heteroatoms. The summed E-state index contributed by atoms with van der Waals surface area (Å²) in [6, 6.07) is 7.26. The van der Waals surface area contributed by atoms with Crippen LogP contribution in [0.4, 0.5) is 4.39 Å². The topological polar surface area (TPSA) is 50.2 Å². The van der Waals surface area contributed by atoms with Crippen molar-refractivity contribution in [2.45, 2.75) is 12.3 Å². The third kappa shape index (κ3) is 3.29. The van der Waals surface area contributed by atoms with E-state index < -0.39 is 17.7 Å². The van der Waals surface area contributed by atoms with Gasteiger partial charge in [-0.25, -0.2) is 4.39 Å². The molecular formula is C14H11ClFNO2. The fourth-order valence-corrected chi connectivity index (χ4v) is 2.06. The molecule has 1 atom stereocenters. The molecule has 0 aliphatic heterocycles. The van der Waals surface area contributed by atoms with Gasteiger partial charge in [0.2, 0.25) is 0 Å². The zero-order valence-corrected chi connectivity index (χ0v) is 10.6. The van der Waals surface area contributed by atoms with Crippen molar-refractivity contribution in [3.05, 3.63) is 64.7 Å². The van der Waals surface area contributed by atoms with Crippen molar-refractivity contribution in [2.75, 3.05) is 0 Å². The molecule has 2 aromatic rings. The van der Waals surface area contributed by atoms with Crippen molar-refractivity contribution in [1.82, 2.24) is 4.98 Å². The molecular weight excluding hydrogens is 269 g/mol. The quantitative estimate of drug-likeness (QED) is 0.934. The highest BCUT2D eigenvalue weighted by atomic mass is 35.5. The van der Waals surface area contributed by atoms with Gasteiger partial charge in [0, 0.05) is 12.4 Å². The zero-order valence-electron chi connectivity index (χ0n) is 9.88. The molecule has 98 valence electrons. The number of carbonyl (C=O) groups is 1. The van der Waals surface area contributed by atoms with Crippen LogP contribution < -0.4 is 0 Å². The average molecular weight is 280 g/mol. The second-order valence-corrected chi connectivity index (χ2v) is 4.52. The van der Waals surface area contributed by atoms with Gasteiger partial charge in [0.25, 0.3) is 0 Å². The van der Waals surface area contributed by atoms with Gasteiger partial charge >= 0.3 is 5.97 Å². The number of benzene rings is 1. The lowest BCUT2D eigenvalue weighted by Gasteiger charge is -2.13. The number of aromatic nitrogens is 1. The van der Waals surface area contributed by atoms with Crippen molar-refractivity contribution >= 4 is 17.6 Å². The van der Waals surface area contributed by atoms with E-state index in [1.165, 1.54) is 24.4 Å². The summed E-state index contributed by atoms with van der Waals surface area (Å²) < 4.78 is 13.2. The largest absolute Gasteiger partial charge is 0.481 e. The lowest BCUT2D eigenvalue weighted by Crippen LogP contribution is -2.15. The monoisotopic (exact) mass is 279 g/mol. The van der Waals surface area contributed by atoms with Crippen LogP contribution in [0.1, 0.15) is 17.0 Å². The Hall–Kier alpha value is -1.94. The highest BCUT2D eigenvalue weighted by Gasteiger charge is 2.21. The van der Waals surface area contributed by atoms with Crippen LogP contribution in [0, 0.1) is 5.82 Å². The maximum absolute atomic E-state index is 13.2. The first kappa shape index (κ1) is 13.5. The highest BCUT2D eigenvalue weighted by Crippen LogP contribution is 2.25. The van der Waals surface area contributed by atoms with E-state index in [-0.39, 0.29) is 6.42 Å². The van der Waals surface area contributed by atoms with Gasteiger partial charge in [-0.05, 0) is 35.7 Å². The van der Waals surface area contributed by atoms with Crippen molar-refractivity contribution in [3.8, 4) is 0 Å². The predicted molar refractivity (Wildman–Crippen MR) is 69.7 cm³/mol. The number of carboxylic acid groups (broad SMARTS) is 1. The fourth-order valence-electron chi connectivity index (χ4n) is 1.86. The molecule has 1 unspecified atom stereocenters. The third-order valence-electron chi connectivity index (χ3n) is 2.83. The Kier molecular flexibility index (Phi) is 4.12. The summed E-state index contributed by atoms with van der Waals surface area (Å²) in [6.07, 6.45) is 3.20. The summed E-state index contributed by atoms with van der Waals surface area (Å²) >= 11 is 5.96. The molecule has 1 aromatic heterocycles. The van der Waals surface area contributed by atoms with Gasteiger partial charge < -0.3 is 5.11 Å². The maximum atomic E-state index is 13.2. The van der Waals surface area contributed by atoms with Gasteiger partial charge in [0.15, 0.2) is 0 Å². The molecule has 0 fully saturated rings. The minimum Gasteiger partial charge on any atom is -0.481 e. The van der Waals surface area contributed by atoms with E-state index >= 15 is 0 Å². The first-order chi connectivity index (χ1) is 9.08. The molecule has 0 saturated carbocycles. The van der Waals surface area contributed by atoms with Crippen LogP contribution in [-0.4, -0.2) is 16.1 Å². The Morgan fingerprint density at radius 1 is 1.42 bits per heavy atom. The van der Waals surface area contributed by atoms with Crippen LogP contribution in [0.3, 0.4) is 0 Å². The number of rotatable bonds is 4. The number of nitrogens with zero attached hydrogens (tertiary/aromatic N) is 1. The number of hydrogen-bond acceptors (Lipinski definition) is 2. The van der Waals surface area contributed by atoms with E-state index in [1.54, 1.807) is 18.3 Å². The standard InChI is InChI=1S/C14H11ClFNO2/c15-13-8-17-5-4-10(13)7-12(14(18)19)9-2-1-3-11(16)6-9/h1-6,8,12H,7H2,(H,18,19). The lowest BCUT2D eigenvalue weighted by atomic mass is 9.92. The minimum absolute atomic E-state index is 0.195. The summed E-state index contributed by atoms with van der Waals surface area (Å²) in [6.45, 7) is 0. The molecule has 1 aromatic carbocycles. The van der Waals surface area contributed by atoms with E-state index in [9.17, 15) is 14.3 Å². The molecule has 0 aliphatic carbocycles. The minimum atomic E-state index is -1.02. The molecule has 0 aliphatic rings. The number of carboxylic acids is 1. The van der Waals surface area contributed by atoms with Crippen molar-refractivity contribution in [3.63, 3.8) is 0 Å². The predicted octanol–water partition coefficient (Wildman–Crippen LogP) is 3.29. The van der Waals surface area contributed by atoms with Crippen LogP contribution in [0.25, 0.3) is 0 Å². The first-order valence-corrected chi connectivity index (χ1v) is 6.02. The molecule has 0 bridgehead atoms. The van der Waals surface area contributed by atoms with Gasteiger partial charge in [-0.2, -0.15) is 0 Å². The van der Waals surface area contributed by atoms with E-state index in [0.717, 1.165) is 0 Å². The Morgan fingerprint density at radius 2 is 2.21 bits per heavy atom.